The smallest absolute Gasteiger partial charge is 0.269 e. The molecule has 0 bridgehead atoms. The minimum Gasteiger partial charge on any atom is -0.506 e. The lowest BCUT2D eigenvalue weighted by Gasteiger charge is -2.15. The molecule has 0 amide bonds. The Kier molecular flexibility index (Phi) is 6.45. The number of benzene rings is 2. The van der Waals surface area contributed by atoms with Gasteiger partial charge in [-0.25, -0.2) is 0 Å². The van der Waals surface area contributed by atoms with E-state index in [4.69, 9.17) is 0 Å². The number of aliphatic hydroxyl groups is 1. The van der Waals surface area contributed by atoms with E-state index in [9.17, 15) is 20.0 Å². The number of hydrogen-bond acceptors (Lipinski definition) is 5. The highest BCUT2D eigenvalue weighted by atomic mass is 16.6. The number of nitro benzene ring substituents is 1. The van der Waals surface area contributed by atoms with E-state index in [2.05, 4.69) is 0 Å². The molecular formula is C27H22N3O4+. The Hall–Kier alpha value is -4.78. The predicted molar refractivity (Wildman–Crippen MR) is 129 cm³/mol. The van der Waals surface area contributed by atoms with Crippen LogP contribution in [0.5, 0.6) is 0 Å². The summed E-state index contributed by atoms with van der Waals surface area (Å²) in [6, 6.07) is 16.9. The zero-order chi connectivity index (χ0) is 24.1. The van der Waals surface area contributed by atoms with Gasteiger partial charge in [0.15, 0.2) is 12.4 Å². The number of rotatable bonds is 5. The minimum atomic E-state index is -0.500. The Morgan fingerprint density at radius 3 is 2.12 bits per heavy atom. The minimum absolute atomic E-state index is 0.0569. The largest absolute Gasteiger partial charge is 0.506 e. The summed E-state index contributed by atoms with van der Waals surface area (Å²) in [7, 11) is 0. The SMILES string of the molecule is Cc1ccc(/C(O)=C/N2C=CC(=c3cc[n+](=CC(=O)c4ccc([N+](=O)[O-])cc4)cc3)C=C2)cc1. The second-order valence-electron chi connectivity index (χ2n) is 7.75. The van der Waals surface area contributed by atoms with Gasteiger partial charge in [-0.05, 0) is 42.0 Å². The normalized spacial score (nSPS) is 13.1. The van der Waals surface area contributed by atoms with E-state index in [1.54, 1.807) is 27.7 Å². The van der Waals surface area contributed by atoms with Crippen LogP contribution in [-0.2, 0) is 0 Å². The third kappa shape index (κ3) is 5.34. The fourth-order valence-electron chi connectivity index (χ4n) is 3.33. The summed E-state index contributed by atoms with van der Waals surface area (Å²) >= 11 is 0. The molecule has 1 aliphatic rings. The molecule has 34 heavy (non-hydrogen) atoms. The Balaban J connectivity index is 1.48. The van der Waals surface area contributed by atoms with Crippen molar-refractivity contribution in [3.63, 3.8) is 0 Å². The molecule has 2 aromatic carbocycles. The second kappa shape index (κ2) is 9.79. The van der Waals surface area contributed by atoms with Gasteiger partial charge in [0.1, 0.15) is 5.76 Å². The Morgan fingerprint density at radius 2 is 1.53 bits per heavy atom. The summed E-state index contributed by atoms with van der Waals surface area (Å²) in [6.07, 6.45) is 14.2. The summed E-state index contributed by atoms with van der Waals surface area (Å²) in [5.41, 5.74) is 3.17. The maximum atomic E-state index is 12.4. The molecule has 2 heterocycles. The van der Waals surface area contributed by atoms with Crippen molar-refractivity contribution >= 4 is 22.8 Å². The van der Waals surface area contributed by atoms with Gasteiger partial charge in [0, 0.05) is 47.8 Å². The summed E-state index contributed by atoms with van der Waals surface area (Å²) in [4.78, 5) is 24.4. The molecule has 4 rings (SSSR count). The zero-order valence-corrected chi connectivity index (χ0v) is 18.4. The van der Waals surface area contributed by atoms with Crippen molar-refractivity contribution in [2.75, 3.05) is 0 Å². The summed E-state index contributed by atoms with van der Waals surface area (Å²) < 4.78 is 1.64. The van der Waals surface area contributed by atoms with Crippen LogP contribution in [0.3, 0.4) is 0 Å². The molecule has 3 aromatic rings. The van der Waals surface area contributed by atoms with Crippen LogP contribution in [-0.4, -0.2) is 20.7 Å². The molecule has 1 N–H and O–H groups in total. The van der Waals surface area contributed by atoms with E-state index < -0.39 is 4.92 Å². The van der Waals surface area contributed by atoms with E-state index in [1.165, 1.54) is 30.5 Å². The Morgan fingerprint density at radius 1 is 0.941 bits per heavy atom. The zero-order valence-electron chi connectivity index (χ0n) is 18.4. The number of non-ortho nitro benzene ring substituents is 1. The molecule has 0 saturated carbocycles. The summed E-state index contributed by atoms with van der Waals surface area (Å²) in [5, 5.41) is 22.1. The number of Topliss-reactive ketones (excluding diaryl/α,β-unsaturated/α-hetero) is 1. The monoisotopic (exact) mass is 452 g/mol. The fourth-order valence-corrected chi connectivity index (χ4v) is 3.33. The standard InChI is InChI=1S/C27H21N3O4/c1-20-2-4-23(5-3-20)26(31)18-28-14-10-21(11-15-28)22-12-16-29(17-13-22)19-27(32)24-6-8-25(9-7-24)30(33)34/h2-19H,1H3/p+1/b26-18-. The predicted octanol–water partition coefficient (Wildman–Crippen LogP) is 4.13. The fraction of sp³-hybridized carbons (Fsp3) is 0.0370. The van der Waals surface area contributed by atoms with Gasteiger partial charge in [0.05, 0.1) is 11.1 Å². The first-order valence-electron chi connectivity index (χ1n) is 10.5. The van der Waals surface area contributed by atoms with E-state index in [-0.39, 0.29) is 17.2 Å². The van der Waals surface area contributed by atoms with Gasteiger partial charge in [-0.1, -0.05) is 29.8 Å². The number of nitrogens with zero attached hydrogens (tertiary/aromatic N) is 3. The molecule has 0 spiro atoms. The highest BCUT2D eigenvalue weighted by Gasteiger charge is 2.10. The van der Waals surface area contributed by atoms with E-state index in [1.807, 2.05) is 67.9 Å². The van der Waals surface area contributed by atoms with Crippen LogP contribution in [0, 0.1) is 23.3 Å². The molecule has 7 nitrogen and oxygen atoms in total. The first-order chi connectivity index (χ1) is 16.4. The number of aliphatic hydroxyl groups excluding tert-OH is 1. The molecule has 0 aliphatic carbocycles. The van der Waals surface area contributed by atoms with Crippen LogP contribution in [0.25, 0.3) is 11.3 Å². The van der Waals surface area contributed by atoms with Crippen molar-refractivity contribution in [2.24, 2.45) is 0 Å². The van der Waals surface area contributed by atoms with Crippen molar-refractivity contribution in [3.05, 3.63) is 142 Å². The number of hydrogen-bond donors (Lipinski definition) is 1. The van der Waals surface area contributed by atoms with Crippen LogP contribution in [0.1, 0.15) is 21.5 Å². The van der Waals surface area contributed by atoms with Gasteiger partial charge in [-0.3, -0.25) is 14.9 Å². The molecule has 0 atom stereocenters. The maximum Gasteiger partial charge on any atom is 0.269 e. The van der Waals surface area contributed by atoms with Gasteiger partial charge < -0.3 is 10.0 Å². The molecule has 0 fully saturated rings. The van der Waals surface area contributed by atoms with Gasteiger partial charge in [0.25, 0.3) is 5.69 Å². The highest BCUT2D eigenvalue weighted by Crippen LogP contribution is 2.16. The number of allylic oxidation sites excluding steroid dienone is 2. The van der Waals surface area contributed by atoms with Gasteiger partial charge >= 0.3 is 0 Å². The van der Waals surface area contributed by atoms with Crippen LogP contribution in [0.2, 0.25) is 0 Å². The average molecular weight is 452 g/mol. The molecule has 0 radical (unpaired) electrons. The molecule has 0 saturated heterocycles. The van der Waals surface area contributed by atoms with Crippen molar-refractivity contribution in [1.29, 1.82) is 0 Å². The summed E-state index contributed by atoms with van der Waals surface area (Å²) in [5.74, 6) is -0.0831. The lowest BCUT2D eigenvalue weighted by molar-refractivity contribution is -0.505. The number of nitro groups is 1. The molecular weight excluding hydrogens is 430 g/mol. The first-order valence-corrected chi connectivity index (χ1v) is 10.5. The Bertz CT molecular complexity index is 1410. The maximum absolute atomic E-state index is 12.4. The molecule has 1 aliphatic heterocycles. The van der Waals surface area contributed by atoms with Crippen molar-refractivity contribution in [1.82, 2.24) is 4.90 Å². The number of carbonyl (C=O) groups excluding carboxylic acids is 1. The Labute approximate surface area is 196 Å². The topological polar surface area (TPSA) is 89.6 Å². The van der Waals surface area contributed by atoms with Crippen LogP contribution in [0.4, 0.5) is 5.69 Å². The number of aromatic nitrogens is 1. The van der Waals surface area contributed by atoms with E-state index >= 15 is 0 Å². The number of ketones is 1. The van der Waals surface area contributed by atoms with E-state index in [0.29, 0.717) is 5.56 Å². The lowest BCUT2D eigenvalue weighted by atomic mass is 10.1. The van der Waals surface area contributed by atoms with Crippen LogP contribution < -0.4 is 9.46 Å². The van der Waals surface area contributed by atoms with Gasteiger partial charge in [0.2, 0.25) is 12.0 Å². The number of pyridine rings is 1. The highest BCUT2D eigenvalue weighted by molar-refractivity contribution is 6.00. The van der Waals surface area contributed by atoms with Gasteiger partial charge in [-0.2, -0.15) is 4.24 Å². The van der Waals surface area contributed by atoms with Crippen LogP contribution in [0.15, 0.2) is 104 Å². The van der Waals surface area contributed by atoms with E-state index in [0.717, 1.165) is 21.9 Å². The quantitative estimate of drug-likeness (QED) is 0.207. The molecule has 0 unspecified atom stereocenters. The van der Waals surface area contributed by atoms with Gasteiger partial charge in [-0.15, -0.1) is 0 Å². The van der Waals surface area contributed by atoms with Crippen molar-refractivity contribution in [3.8, 4) is 0 Å². The van der Waals surface area contributed by atoms with Crippen molar-refractivity contribution < 1.29 is 19.1 Å². The van der Waals surface area contributed by atoms with Crippen molar-refractivity contribution in [2.45, 2.75) is 6.92 Å². The second-order valence-corrected chi connectivity index (χ2v) is 7.75. The number of carbonyl (C=O) groups is 1. The van der Waals surface area contributed by atoms with Crippen LogP contribution >= 0.6 is 0 Å². The average Bonchev–Trinajstić information content (AvgIpc) is 2.85. The molecule has 7 heteroatoms. The first kappa shape index (κ1) is 22.4. The third-order valence-corrected chi connectivity index (χ3v) is 5.29. The summed E-state index contributed by atoms with van der Waals surface area (Å²) in [6.45, 7) is 2.00. The molecule has 1 aromatic heterocycles. The molecule has 168 valence electrons. The third-order valence-electron chi connectivity index (χ3n) is 5.29. The lowest BCUT2D eigenvalue weighted by Crippen LogP contribution is -2.22. The number of aryl methyl sites for hydroxylation is 1.